The Morgan fingerprint density at radius 3 is 2.46 bits per heavy atom. The zero-order chi connectivity index (χ0) is 28.9. The summed E-state index contributed by atoms with van der Waals surface area (Å²) in [4.78, 5) is 18.8. The van der Waals surface area contributed by atoms with Gasteiger partial charge in [0.05, 0.1) is 23.7 Å². The van der Waals surface area contributed by atoms with E-state index in [1.807, 2.05) is 86.6 Å². The zero-order valence-electron chi connectivity index (χ0n) is 23.6. The van der Waals surface area contributed by atoms with Crippen molar-refractivity contribution in [2.24, 2.45) is 5.10 Å². The van der Waals surface area contributed by atoms with Crippen molar-refractivity contribution in [2.75, 3.05) is 6.61 Å². The molecule has 0 aliphatic carbocycles. The van der Waals surface area contributed by atoms with Crippen molar-refractivity contribution < 1.29 is 9.47 Å². The second-order valence-electron chi connectivity index (χ2n) is 10.1. The monoisotopic (exact) mass is 609 g/mol. The number of ether oxygens (including phenoxy) is 2. The van der Waals surface area contributed by atoms with Gasteiger partial charge in [-0.2, -0.15) is 9.78 Å². The van der Waals surface area contributed by atoms with Crippen molar-refractivity contribution in [3.8, 4) is 22.9 Å². The molecule has 5 aromatic rings. The van der Waals surface area contributed by atoms with Crippen LogP contribution in [-0.4, -0.2) is 22.5 Å². The molecule has 0 atom stereocenters. The first-order valence-corrected chi connectivity index (χ1v) is 14.4. The van der Waals surface area contributed by atoms with E-state index in [2.05, 4.69) is 35.8 Å². The van der Waals surface area contributed by atoms with Crippen LogP contribution in [0.15, 0.2) is 99.3 Å². The minimum absolute atomic E-state index is 0.214. The van der Waals surface area contributed by atoms with Crippen LogP contribution in [0.3, 0.4) is 0 Å². The van der Waals surface area contributed by atoms with Gasteiger partial charge in [-0.3, -0.25) is 4.79 Å². The van der Waals surface area contributed by atoms with Gasteiger partial charge < -0.3 is 9.47 Å². The highest BCUT2D eigenvalue weighted by Crippen LogP contribution is 2.34. The maximum Gasteiger partial charge on any atom is 0.282 e. The van der Waals surface area contributed by atoms with Crippen molar-refractivity contribution in [1.29, 1.82) is 0 Å². The van der Waals surface area contributed by atoms with E-state index in [1.165, 1.54) is 4.68 Å². The van der Waals surface area contributed by atoms with Crippen LogP contribution in [0.5, 0.6) is 11.5 Å². The van der Waals surface area contributed by atoms with Crippen molar-refractivity contribution in [1.82, 2.24) is 9.66 Å². The Bertz CT molecular complexity index is 1780. The highest BCUT2D eigenvalue weighted by molar-refractivity contribution is 9.10. The molecular formula is C34H32BrN3O3. The summed E-state index contributed by atoms with van der Waals surface area (Å²) in [5.41, 5.74) is 4.98. The van der Waals surface area contributed by atoms with E-state index in [4.69, 9.17) is 19.6 Å². The second-order valence-corrected chi connectivity index (χ2v) is 11.0. The highest BCUT2D eigenvalue weighted by Gasteiger charge is 2.18. The summed E-state index contributed by atoms with van der Waals surface area (Å²) >= 11 is 3.56. The number of hydrogen-bond donors (Lipinski definition) is 0. The van der Waals surface area contributed by atoms with E-state index < -0.39 is 0 Å². The molecule has 6 nitrogen and oxygen atoms in total. The van der Waals surface area contributed by atoms with E-state index in [0.29, 0.717) is 35.7 Å². The number of benzene rings is 4. The molecule has 0 saturated carbocycles. The summed E-state index contributed by atoms with van der Waals surface area (Å²) in [5.74, 6) is 2.18. The summed E-state index contributed by atoms with van der Waals surface area (Å²) in [5, 5.41) is 5.21. The lowest BCUT2D eigenvalue weighted by Gasteiger charge is -2.18. The van der Waals surface area contributed by atoms with E-state index in [-0.39, 0.29) is 11.5 Å². The molecule has 1 aromatic heterocycles. The zero-order valence-corrected chi connectivity index (χ0v) is 25.2. The third-order valence-corrected chi connectivity index (χ3v) is 7.29. The minimum Gasteiger partial charge on any atom is -0.494 e. The lowest BCUT2D eigenvalue weighted by atomic mass is 9.96. The lowest BCUT2D eigenvalue weighted by molar-refractivity contribution is 0.305. The van der Waals surface area contributed by atoms with E-state index in [0.717, 1.165) is 38.0 Å². The van der Waals surface area contributed by atoms with Crippen LogP contribution in [0.2, 0.25) is 0 Å². The minimum atomic E-state index is -0.247. The Hall–Kier alpha value is -4.23. The standard InChI is InChI=1S/C34H32BrN3O3/c1-5-40-32-17-23(4)29(19-28(32)22(2)3)33-37-30-14-10-9-13-27(30)34(39)38(33)36-20-25-18-26(35)15-16-31(25)41-21-24-11-7-6-8-12-24/h6-20,22H,5,21H2,1-4H3. The molecule has 0 spiro atoms. The molecule has 7 heteroatoms. The van der Waals surface area contributed by atoms with Crippen LogP contribution in [-0.2, 0) is 6.61 Å². The number of aromatic nitrogens is 2. The van der Waals surface area contributed by atoms with Gasteiger partial charge in [0.2, 0.25) is 0 Å². The number of nitrogens with zero attached hydrogens (tertiary/aromatic N) is 3. The van der Waals surface area contributed by atoms with Crippen LogP contribution >= 0.6 is 15.9 Å². The second kappa shape index (κ2) is 12.5. The Kier molecular flexibility index (Phi) is 8.64. The summed E-state index contributed by atoms with van der Waals surface area (Å²) in [6, 6.07) is 27.1. The largest absolute Gasteiger partial charge is 0.494 e. The quantitative estimate of drug-likeness (QED) is 0.158. The fourth-order valence-corrected chi connectivity index (χ4v) is 5.06. The predicted molar refractivity (Wildman–Crippen MR) is 169 cm³/mol. The van der Waals surface area contributed by atoms with Crippen LogP contribution in [0.4, 0.5) is 0 Å². The summed E-state index contributed by atoms with van der Waals surface area (Å²) in [6.07, 6.45) is 1.65. The van der Waals surface area contributed by atoms with Crippen molar-refractivity contribution >= 4 is 33.0 Å². The van der Waals surface area contributed by atoms with Crippen LogP contribution < -0.4 is 15.0 Å². The third kappa shape index (κ3) is 6.25. The highest BCUT2D eigenvalue weighted by atomic mass is 79.9. The average molecular weight is 611 g/mol. The average Bonchev–Trinajstić information content (AvgIpc) is 2.97. The van der Waals surface area contributed by atoms with Gasteiger partial charge in [-0.1, -0.05) is 72.2 Å². The summed E-state index contributed by atoms with van der Waals surface area (Å²) < 4.78 is 14.4. The molecule has 0 unspecified atom stereocenters. The molecule has 0 radical (unpaired) electrons. The molecule has 0 fully saturated rings. The molecule has 1 heterocycles. The molecule has 208 valence electrons. The summed E-state index contributed by atoms with van der Waals surface area (Å²) in [7, 11) is 0. The maximum absolute atomic E-state index is 13.8. The number of halogens is 1. The molecule has 0 bridgehead atoms. The Morgan fingerprint density at radius 2 is 1.71 bits per heavy atom. The van der Waals surface area contributed by atoms with Crippen molar-refractivity contribution in [3.05, 3.63) is 122 Å². The number of aryl methyl sites for hydroxylation is 1. The Labute approximate surface area is 248 Å². The van der Waals surface area contributed by atoms with Gasteiger partial charge in [-0.25, -0.2) is 4.98 Å². The van der Waals surface area contributed by atoms with Gasteiger partial charge in [0, 0.05) is 15.6 Å². The van der Waals surface area contributed by atoms with Gasteiger partial charge in [0.15, 0.2) is 5.82 Å². The fraction of sp³-hybridized carbons (Fsp3) is 0.206. The molecule has 41 heavy (non-hydrogen) atoms. The molecule has 5 rings (SSSR count). The van der Waals surface area contributed by atoms with Gasteiger partial charge in [-0.05, 0) is 78.9 Å². The van der Waals surface area contributed by atoms with Gasteiger partial charge in [0.25, 0.3) is 5.56 Å². The molecule has 0 aliphatic rings. The number of rotatable bonds is 9. The normalized spacial score (nSPS) is 11.5. The summed E-state index contributed by atoms with van der Waals surface area (Å²) in [6.45, 7) is 9.21. The molecule has 0 aliphatic heterocycles. The van der Waals surface area contributed by atoms with Crippen LogP contribution in [0.25, 0.3) is 22.3 Å². The first-order valence-electron chi connectivity index (χ1n) is 13.7. The van der Waals surface area contributed by atoms with Gasteiger partial charge >= 0.3 is 0 Å². The van der Waals surface area contributed by atoms with Gasteiger partial charge in [-0.15, -0.1) is 0 Å². The number of hydrogen-bond acceptors (Lipinski definition) is 5. The Balaban J connectivity index is 1.64. The molecule has 4 aromatic carbocycles. The lowest BCUT2D eigenvalue weighted by Crippen LogP contribution is -2.21. The smallest absolute Gasteiger partial charge is 0.282 e. The van der Waals surface area contributed by atoms with Crippen LogP contribution in [0.1, 0.15) is 48.9 Å². The first-order chi connectivity index (χ1) is 19.9. The van der Waals surface area contributed by atoms with Gasteiger partial charge in [0.1, 0.15) is 18.1 Å². The van der Waals surface area contributed by atoms with E-state index >= 15 is 0 Å². The molecular weight excluding hydrogens is 578 g/mol. The maximum atomic E-state index is 13.8. The van der Waals surface area contributed by atoms with E-state index in [9.17, 15) is 4.79 Å². The Morgan fingerprint density at radius 1 is 0.951 bits per heavy atom. The molecule has 0 N–H and O–H groups in total. The third-order valence-electron chi connectivity index (χ3n) is 6.79. The van der Waals surface area contributed by atoms with Crippen molar-refractivity contribution in [2.45, 2.75) is 40.2 Å². The predicted octanol–water partition coefficient (Wildman–Crippen LogP) is 8.12. The number of para-hydroxylation sites is 1. The molecule has 0 amide bonds. The van der Waals surface area contributed by atoms with E-state index in [1.54, 1.807) is 12.3 Å². The SMILES string of the molecule is CCOc1cc(C)c(-c2nc3ccccc3c(=O)n2N=Cc2cc(Br)ccc2OCc2ccccc2)cc1C(C)C. The topological polar surface area (TPSA) is 65.7 Å². The van der Waals surface area contributed by atoms with Crippen molar-refractivity contribution in [3.63, 3.8) is 0 Å². The van der Waals surface area contributed by atoms with Crippen LogP contribution in [0, 0.1) is 6.92 Å². The molecule has 0 saturated heterocycles. The first kappa shape index (κ1) is 28.3. The number of fused-ring (bicyclic) bond motifs is 1. The fourth-order valence-electron chi connectivity index (χ4n) is 4.68.